The van der Waals surface area contributed by atoms with Gasteiger partial charge >= 0.3 is 0 Å². The first kappa shape index (κ1) is 13.0. The van der Waals surface area contributed by atoms with Gasteiger partial charge in [-0.15, -0.1) is 0 Å². The van der Waals surface area contributed by atoms with Gasteiger partial charge in [0.1, 0.15) is 0 Å². The highest BCUT2D eigenvalue weighted by atomic mass is 16.3. The molecule has 15 heavy (non-hydrogen) atoms. The molecule has 1 atom stereocenters. The molecule has 0 spiro atoms. The van der Waals surface area contributed by atoms with Crippen LogP contribution in [0.5, 0.6) is 0 Å². The molecule has 0 aliphatic heterocycles. The van der Waals surface area contributed by atoms with Crippen LogP contribution in [0.2, 0.25) is 0 Å². The number of nitrogens with zero attached hydrogens (tertiary/aromatic N) is 1. The molecule has 0 amide bonds. The van der Waals surface area contributed by atoms with Crippen molar-refractivity contribution in [1.29, 1.82) is 0 Å². The van der Waals surface area contributed by atoms with E-state index in [1.807, 2.05) is 0 Å². The van der Waals surface area contributed by atoms with Crippen LogP contribution in [-0.2, 0) is 0 Å². The zero-order valence-electron chi connectivity index (χ0n) is 10.4. The van der Waals surface area contributed by atoms with E-state index >= 15 is 0 Å². The third-order valence-electron chi connectivity index (χ3n) is 3.27. The van der Waals surface area contributed by atoms with E-state index in [-0.39, 0.29) is 6.10 Å². The van der Waals surface area contributed by atoms with Crippen molar-refractivity contribution < 1.29 is 5.11 Å². The number of hydrogen-bond acceptors (Lipinski definition) is 2. The average molecular weight is 213 g/mol. The quantitative estimate of drug-likeness (QED) is 0.636. The molecule has 2 nitrogen and oxygen atoms in total. The molecule has 1 aliphatic rings. The van der Waals surface area contributed by atoms with Crippen LogP contribution < -0.4 is 0 Å². The van der Waals surface area contributed by atoms with Gasteiger partial charge in [-0.1, -0.05) is 26.7 Å². The molecule has 1 rings (SSSR count). The van der Waals surface area contributed by atoms with Gasteiger partial charge in [0.2, 0.25) is 0 Å². The minimum atomic E-state index is -0.0567. The highest BCUT2D eigenvalue weighted by Crippen LogP contribution is 2.32. The summed E-state index contributed by atoms with van der Waals surface area (Å²) < 4.78 is 0. The summed E-state index contributed by atoms with van der Waals surface area (Å²) in [6.45, 7) is 7.70. The highest BCUT2D eigenvalue weighted by molar-refractivity contribution is 4.82. The van der Waals surface area contributed by atoms with E-state index in [9.17, 15) is 5.11 Å². The van der Waals surface area contributed by atoms with E-state index in [1.165, 1.54) is 51.6 Å². The average Bonchev–Trinajstić information content (AvgIpc) is 3.05. The summed E-state index contributed by atoms with van der Waals surface area (Å²) in [5, 5.41) is 9.92. The van der Waals surface area contributed by atoms with Crippen molar-refractivity contribution in [1.82, 2.24) is 4.90 Å². The molecule has 1 N–H and O–H groups in total. The molecule has 2 heteroatoms. The molecule has 1 unspecified atom stereocenters. The Balaban J connectivity index is 2.19. The van der Waals surface area contributed by atoms with Gasteiger partial charge in [0.05, 0.1) is 6.10 Å². The molecule has 1 saturated carbocycles. The van der Waals surface area contributed by atoms with Crippen LogP contribution in [0.15, 0.2) is 0 Å². The van der Waals surface area contributed by atoms with Crippen molar-refractivity contribution in [2.75, 3.05) is 19.6 Å². The second kappa shape index (κ2) is 7.24. The Morgan fingerprint density at radius 3 is 2.07 bits per heavy atom. The molecule has 0 aromatic heterocycles. The molecule has 1 fully saturated rings. The van der Waals surface area contributed by atoms with Gasteiger partial charge in [-0.25, -0.2) is 0 Å². The summed E-state index contributed by atoms with van der Waals surface area (Å²) in [6.07, 6.45) is 7.47. The molecule has 0 aromatic carbocycles. The molecule has 0 saturated heterocycles. The Labute approximate surface area is 94.7 Å². The lowest BCUT2D eigenvalue weighted by Gasteiger charge is -2.24. The van der Waals surface area contributed by atoms with Crippen molar-refractivity contribution in [2.24, 2.45) is 5.92 Å². The first-order chi connectivity index (χ1) is 7.27. The van der Waals surface area contributed by atoms with Crippen LogP contribution in [-0.4, -0.2) is 35.7 Å². The zero-order chi connectivity index (χ0) is 11.1. The van der Waals surface area contributed by atoms with E-state index < -0.39 is 0 Å². The number of rotatable bonds is 9. The van der Waals surface area contributed by atoms with Crippen LogP contribution in [0.3, 0.4) is 0 Å². The molecule has 0 bridgehead atoms. The van der Waals surface area contributed by atoms with Crippen LogP contribution >= 0.6 is 0 Å². The molecular formula is C13H27NO. The van der Waals surface area contributed by atoms with E-state index in [1.54, 1.807) is 0 Å². The van der Waals surface area contributed by atoms with Crippen molar-refractivity contribution in [2.45, 2.75) is 58.5 Å². The van der Waals surface area contributed by atoms with E-state index in [2.05, 4.69) is 18.7 Å². The second-order valence-corrected chi connectivity index (χ2v) is 4.91. The Kier molecular flexibility index (Phi) is 6.26. The van der Waals surface area contributed by atoms with Gasteiger partial charge in [0, 0.05) is 6.54 Å². The SMILES string of the molecule is CCCCN(CCCC)CC(O)C1CC1. The van der Waals surface area contributed by atoms with Crippen LogP contribution in [0.1, 0.15) is 52.4 Å². The van der Waals surface area contributed by atoms with Crippen LogP contribution in [0.4, 0.5) is 0 Å². The van der Waals surface area contributed by atoms with Gasteiger partial charge in [-0.2, -0.15) is 0 Å². The van der Waals surface area contributed by atoms with E-state index in [0.717, 1.165) is 6.54 Å². The number of aliphatic hydroxyl groups is 1. The minimum absolute atomic E-state index is 0.0567. The monoisotopic (exact) mass is 213 g/mol. The first-order valence-electron chi connectivity index (χ1n) is 6.68. The van der Waals surface area contributed by atoms with Crippen molar-refractivity contribution >= 4 is 0 Å². The van der Waals surface area contributed by atoms with Crippen LogP contribution in [0, 0.1) is 5.92 Å². The maximum Gasteiger partial charge on any atom is 0.0695 e. The largest absolute Gasteiger partial charge is 0.392 e. The summed E-state index contributed by atoms with van der Waals surface area (Å²) in [4.78, 5) is 2.45. The number of unbranched alkanes of at least 4 members (excludes halogenated alkanes) is 2. The maximum absolute atomic E-state index is 9.92. The van der Waals surface area contributed by atoms with Gasteiger partial charge < -0.3 is 10.0 Å². The molecule has 90 valence electrons. The molecule has 0 radical (unpaired) electrons. The fourth-order valence-electron chi connectivity index (χ4n) is 1.95. The zero-order valence-corrected chi connectivity index (χ0v) is 10.4. The first-order valence-corrected chi connectivity index (χ1v) is 6.68. The fourth-order valence-corrected chi connectivity index (χ4v) is 1.95. The molecular weight excluding hydrogens is 186 g/mol. The Morgan fingerprint density at radius 2 is 1.67 bits per heavy atom. The summed E-state index contributed by atoms with van der Waals surface area (Å²) in [5.74, 6) is 0.621. The van der Waals surface area contributed by atoms with Crippen molar-refractivity contribution in [3.63, 3.8) is 0 Å². The molecule has 0 aromatic rings. The number of aliphatic hydroxyl groups excluding tert-OH is 1. The normalized spacial score (nSPS) is 18.4. The third kappa shape index (κ3) is 5.53. The predicted octanol–water partition coefficient (Wildman–Crippen LogP) is 2.66. The van der Waals surface area contributed by atoms with Gasteiger partial charge in [-0.05, 0) is 44.7 Å². The van der Waals surface area contributed by atoms with Gasteiger partial charge in [-0.3, -0.25) is 0 Å². The summed E-state index contributed by atoms with van der Waals surface area (Å²) >= 11 is 0. The lowest BCUT2D eigenvalue weighted by molar-refractivity contribution is 0.0935. The predicted molar refractivity (Wildman–Crippen MR) is 65.0 cm³/mol. The summed E-state index contributed by atoms with van der Waals surface area (Å²) in [6, 6.07) is 0. The minimum Gasteiger partial charge on any atom is -0.392 e. The van der Waals surface area contributed by atoms with E-state index in [4.69, 9.17) is 0 Å². The standard InChI is InChI=1S/C13H27NO/c1-3-5-9-14(10-6-4-2)11-13(15)12-7-8-12/h12-13,15H,3-11H2,1-2H3. The summed E-state index contributed by atoms with van der Waals surface area (Å²) in [7, 11) is 0. The summed E-state index contributed by atoms with van der Waals surface area (Å²) in [5.41, 5.74) is 0. The Morgan fingerprint density at radius 1 is 1.13 bits per heavy atom. The number of hydrogen-bond donors (Lipinski definition) is 1. The third-order valence-corrected chi connectivity index (χ3v) is 3.27. The molecule has 1 aliphatic carbocycles. The maximum atomic E-state index is 9.92. The van der Waals surface area contributed by atoms with Crippen molar-refractivity contribution in [3.05, 3.63) is 0 Å². The van der Waals surface area contributed by atoms with Crippen molar-refractivity contribution in [3.8, 4) is 0 Å². The Hall–Kier alpha value is -0.0800. The second-order valence-electron chi connectivity index (χ2n) is 4.91. The molecule has 0 heterocycles. The lowest BCUT2D eigenvalue weighted by Crippen LogP contribution is -2.35. The lowest BCUT2D eigenvalue weighted by atomic mass is 10.2. The van der Waals surface area contributed by atoms with Gasteiger partial charge in [0.25, 0.3) is 0 Å². The topological polar surface area (TPSA) is 23.5 Å². The highest BCUT2D eigenvalue weighted by Gasteiger charge is 2.30. The smallest absolute Gasteiger partial charge is 0.0695 e. The fraction of sp³-hybridized carbons (Fsp3) is 1.00. The van der Waals surface area contributed by atoms with Crippen LogP contribution in [0.25, 0.3) is 0 Å². The Bertz CT molecular complexity index is 149. The van der Waals surface area contributed by atoms with E-state index in [0.29, 0.717) is 5.92 Å². The van der Waals surface area contributed by atoms with Gasteiger partial charge in [0.15, 0.2) is 0 Å².